The van der Waals surface area contributed by atoms with Crippen LogP contribution in [0.3, 0.4) is 0 Å². The van der Waals surface area contributed by atoms with Crippen LogP contribution in [0.1, 0.15) is 10.5 Å². The summed E-state index contributed by atoms with van der Waals surface area (Å²) in [4.78, 5) is 22.7. The van der Waals surface area contributed by atoms with Crippen LogP contribution in [0.15, 0.2) is 21.6 Å². The molecular formula is C8H4BrN3O2S. The van der Waals surface area contributed by atoms with Gasteiger partial charge in [-0.05, 0) is 15.9 Å². The number of aromatic nitrogens is 3. The molecule has 0 spiro atoms. The average Bonchev–Trinajstić information content (AvgIpc) is 2.71. The molecule has 7 heteroatoms. The second kappa shape index (κ2) is 4.03. The Morgan fingerprint density at radius 3 is 2.87 bits per heavy atom. The smallest absolute Gasteiger partial charge is 0.355 e. The Balaban J connectivity index is 2.52. The molecule has 2 aromatic rings. The van der Waals surface area contributed by atoms with Crippen LogP contribution in [0.4, 0.5) is 0 Å². The summed E-state index contributed by atoms with van der Waals surface area (Å²) < 4.78 is 0.356. The lowest BCUT2D eigenvalue weighted by atomic mass is 10.4. The van der Waals surface area contributed by atoms with Crippen LogP contribution < -0.4 is 0 Å². The van der Waals surface area contributed by atoms with Crippen molar-refractivity contribution >= 4 is 33.2 Å². The highest BCUT2D eigenvalue weighted by atomic mass is 79.9. The predicted octanol–water partition coefficient (Wildman–Crippen LogP) is 2.06. The van der Waals surface area contributed by atoms with Gasteiger partial charge in [0.2, 0.25) is 0 Å². The molecule has 15 heavy (non-hydrogen) atoms. The maximum atomic E-state index is 10.8. The molecule has 76 valence electrons. The summed E-state index contributed by atoms with van der Waals surface area (Å²) in [6, 6.07) is 0. The van der Waals surface area contributed by atoms with Gasteiger partial charge in [-0.2, -0.15) is 0 Å². The fraction of sp³-hybridized carbons (Fsp3) is 0. The van der Waals surface area contributed by atoms with Gasteiger partial charge in [0, 0.05) is 11.6 Å². The topological polar surface area (TPSA) is 76.0 Å². The molecule has 0 unspecified atom stereocenters. The van der Waals surface area contributed by atoms with Crippen molar-refractivity contribution in [3.8, 4) is 11.5 Å². The first-order valence-electron chi connectivity index (χ1n) is 3.83. The first-order chi connectivity index (χ1) is 7.18. The molecule has 0 bridgehead atoms. The van der Waals surface area contributed by atoms with E-state index in [1.54, 1.807) is 10.9 Å². The number of rotatable bonds is 2. The molecule has 2 heterocycles. The first-order valence-corrected chi connectivity index (χ1v) is 5.56. The number of hydrogen-bond acceptors (Lipinski definition) is 5. The zero-order valence-corrected chi connectivity index (χ0v) is 9.62. The lowest BCUT2D eigenvalue weighted by Crippen LogP contribution is -2.04. The number of hydrogen-bond donors (Lipinski definition) is 1. The summed E-state index contributed by atoms with van der Waals surface area (Å²) >= 11 is 4.47. The number of thiazole rings is 1. The van der Waals surface area contributed by atoms with Gasteiger partial charge in [0.25, 0.3) is 0 Å². The first kappa shape index (κ1) is 10.2. The zero-order chi connectivity index (χ0) is 10.8. The van der Waals surface area contributed by atoms with Gasteiger partial charge in [0.15, 0.2) is 11.5 Å². The van der Waals surface area contributed by atoms with Gasteiger partial charge < -0.3 is 5.11 Å². The van der Waals surface area contributed by atoms with Gasteiger partial charge in [-0.1, -0.05) is 0 Å². The fourth-order valence-corrected chi connectivity index (χ4v) is 1.85. The Hall–Kier alpha value is -1.34. The Morgan fingerprint density at radius 2 is 2.27 bits per heavy atom. The normalized spacial score (nSPS) is 10.2. The number of carbonyl (C=O) groups is 1. The standard InChI is InChI=1S/C8H4BrN3O2S/c9-4-1-10-7(5-2-15-3-11-5)12-6(4)8(13)14/h1-3H,(H,13,14). The Morgan fingerprint density at radius 1 is 1.47 bits per heavy atom. The summed E-state index contributed by atoms with van der Waals surface area (Å²) in [5.74, 6) is -0.780. The molecule has 0 aliphatic heterocycles. The third-order valence-electron chi connectivity index (χ3n) is 1.61. The zero-order valence-electron chi connectivity index (χ0n) is 7.22. The lowest BCUT2D eigenvalue weighted by molar-refractivity contribution is 0.0689. The highest BCUT2D eigenvalue weighted by Gasteiger charge is 2.13. The van der Waals surface area contributed by atoms with Crippen LogP contribution >= 0.6 is 27.3 Å². The number of aromatic carboxylic acids is 1. The fourth-order valence-electron chi connectivity index (χ4n) is 0.963. The monoisotopic (exact) mass is 285 g/mol. The maximum Gasteiger partial charge on any atom is 0.355 e. The van der Waals surface area contributed by atoms with E-state index >= 15 is 0 Å². The van der Waals surface area contributed by atoms with Crippen molar-refractivity contribution in [1.29, 1.82) is 0 Å². The van der Waals surface area contributed by atoms with Crippen LogP contribution in [0, 0.1) is 0 Å². The third-order valence-corrected chi connectivity index (χ3v) is 2.77. The molecule has 0 aromatic carbocycles. The maximum absolute atomic E-state index is 10.8. The van der Waals surface area contributed by atoms with Crippen LogP contribution in [0.25, 0.3) is 11.5 Å². The molecule has 0 saturated carbocycles. The molecular weight excluding hydrogens is 282 g/mol. The summed E-state index contributed by atoms with van der Waals surface area (Å²) in [7, 11) is 0. The van der Waals surface area contributed by atoms with E-state index in [0.29, 0.717) is 16.0 Å². The molecule has 5 nitrogen and oxygen atoms in total. The van der Waals surface area contributed by atoms with Crippen molar-refractivity contribution in [3.05, 3.63) is 27.3 Å². The van der Waals surface area contributed by atoms with E-state index in [1.807, 2.05) is 0 Å². The van der Waals surface area contributed by atoms with E-state index in [9.17, 15) is 4.79 Å². The van der Waals surface area contributed by atoms with Crippen LogP contribution in [-0.4, -0.2) is 26.0 Å². The van der Waals surface area contributed by atoms with Crippen molar-refractivity contribution in [2.45, 2.75) is 0 Å². The van der Waals surface area contributed by atoms with Crippen LogP contribution in [0.2, 0.25) is 0 Å². The molecule has 0 amide bonds. The minimum absolute atomic E-state index is 0.0620. The van der Waals surface area contributed by atoms with E-state index in [-0.39, 0.29) is 5.69 Å². The molecule has 1 N–H and O–H groups in total. The SMILES string of the molecule is O=C(O)c1nc(-c2cscn2)ncc1Br. The molecule has 0 aliphatic rings. The van der Waals surface area contributed by atoms with E-state index in [2.05, 4.69) is 30.9 Å². The average molecular weight is 286 g/mol. The van der Waals surface area contributed by atoms with Gasteiger partial charge in [-0.15, -0.1) is 11.3 Å². The van der Waals surface area contributed by atoms with E-state index in [1.165, 1.54) is 17.5 Å². The second-order valence-corrected chi connectivity index (χ2v) is 4.14. The van der Waals surface area contributed by atoms with Gasteiger partial charge in [-0.3, -0.25) is 0 Å². The Labute approximate surface area is 97.0 Å². The van der Waals surface area contributed by atoms with E-state index < -0.39 is 5.97 Å². The predicted molar refractivity (Wildman–Crippen MR) is 57.8 cm³/mol. The van der Waals surface area contributed by atoms with Crippen molar-refractivity contribution in [1.82, 2.24) is 15.0 Å². The van der Waals surface area contributed by atoms with Gasteiger partial charge in [-0.25, -0.2) is 19.7 Å². The van der Waals surface area contributed by atoms with Crippen molar-refractivity contribution < 1.29 is 9.90 Å². The van der Waals surface area contributed by atoms with Crippen molar-refractivity contribution in [2.75, 3.05) is 0 Å². The quantitative estimate of drug-likeness (QED) is 0.914. The minimum Gasteiger partial charge on any atom is -0.476 e. The minimum atomic E-state index is -1.10. The number of carboxylic acids is 1. The van der Waals surface area contributed by atoms with Gasteiger partial charge in [0.05, 0.1) is 9.98 Å². The Bertz CT molecular complexity index is 501. The highest BCUT2D eigenvalue weighted by Crippen LogP contribution is 2.19. The highest BCUT2D eigenvalue weighted by molar-refractivity contribution is 9.10. The van der Waals surface area contributed by atoms with Crippen molar-refractivity contribution in [2.24, 2.45) is 0 Å². The van der Waals surface area contributed by atoms with E-state index in [4.69, 9.17) is 5.11 Å². The number of nitrogens with zero attached hydrogens (tertiary/aromatic N) is 3. The number of halogens is 1. The number of carboxylic acid groups (broad SMARTS) is 1. The molecule has 2 rings (SSSR count). The van der Waals surface area contributed by atoms with Crippen LogP contribution in [0.5, 0.6) is 0 Å². The van der Waals surface area contributed by atoms with Crippen LogP contribution in [-0.2, 0) is 0 Å². The third kappa shape index (κ3) is 2.02. The largest absolute Gasteiger partial charge is 0.476 e. The molecule has 0 atom stereocenters. The molecule has 0 radical (unpaired) electrons. The molecule has 0 aliphatic carbocycles. The van der Waals surface area contributed by atoms with Gasteiger partial charge in [0.1, 0.15) is 5.69 Å². The van der Waals surface area contributed by atoms with Gasteiger partial charge >= 0.3 is 5.97 Å². The summed E-state index contributed by atoms with van der Waals surface area (Å²) in [6.45, 7) is 0. The molecule has 2 aromatic heterocycles. The summed E-state index contributed by atoms with van der Waals surface area (Å²) in [6.07, 6.45) is 1.41. The molecule has 0 saturated heterocycles. The summed E-state index contributed by atoms with van der Waals surface area (Å²) in [5.41, 5.74) is 2.16. The van der Waals surface area contributed by atoms with E-state index in [0.717, 1.165) is 0 Å². The summed E-state index contributed by atoms with van der Waals surface area (Å²) in [5, 5.41) is 10.6. The second-order valence-electron chi connectivity index (χ2n) is 2.57. The lowest BCUT2D eigenvalue weighted by Gasteiger charge is -1.99. The molecule has 0 fully saturated rings. The van der Waals surface area contributed by atoms with Crippen molar-refractivity contribution in [3.63, 3.8) is 0 Å². The Kier molecular flexibility index (Phi) is 2.74.